The second-order valence-corrected chi connectivity index (χ2v) is 5.60. The van der Waals surface area contributed by atoms with Crippen molar-refractivity contribution in [3.8, 4) is 0 Å². The van der Waals surface area contributed by atoms with Crippen LogP contribution in [0.5, 0.6) is 0 Å². The Morgan fingerprint density at radius 3 is 2.78 bits per heavy atom. The molecule has 1 aromatic carbocycles. The molecule has 0 atom stereocenters. The van der Waals surface area contributed by atoms with Crippen molar-refractivity contribution in [2.24, 2.45) is 0 Å². The lowest BCUT2D eigenvalue weighted by Crippen LogP contribution is -2.31. The Kier molecular flexibility index (Phi) is 4.57. The average Bonchev–Trinajstić information content (AvgIpc) is 3.12. The van der Waals surface area contributed by atoms with Gasteiger partial charge in [0.05, 0.1) is 0 Å². The zero-order chi connectivity index (χ0) is 13.0. The van der Waals surface area contributed by atoms with Crippen molar-refractivity contribution in [3.63, 3.8) is 0 Å². The van der Waals surface area contributed by atoms with Gasteiger partial charge in [-0.25, -0.2) is 0 Å². The maximum Gasteiger partial charge on any atom is 0.251 e. The fourth-order valence-corrected chi connectivity index (χ4v) is 2.09. The van der Waals surface area contributed by atoms with Gasteiger partial charge in [-0.1, -0.05) is 6.07 Å². The topological polar surface area (TPSA) is 58.2 Å². The first-order chi connectivity index (χ1) is 8.65. The summed E-state index contributed by atoms with van der Waals surface area (Å²) in [5.74, 6) is -0.117. The minimum atomic E-state index is -0.132. The van der Waals surface area contributed by atoms with E-state index in [0.29, 0.717) is 24.6 Å². The van der Waals surface area contributed by atoms with E-state index in [9.17, 15) is 9.59 Å². The number of carbonyl (C=O) groups excluding carboxylic acids is 2. The lowest BCUT2D eigenvalue weighted by atomic mass is 10.2. The van der Waals surface area contributed by atoms with Gasteiger partial charge in [-0.05, 0) is 53.6 Å². The molecular weight excluding hydrogens is 343 g/mol. The molecule has 96 valence electrons. The standard InChI is InChI=1S/C13H15IN2O2/c14-10-3-1-2-9(8-10)13(18)15-7-6-12(17)16-11-4-5-11/h1-3,8,11H,4-7H2,(H,15,18)(H,16,17). The molecule has 0 saturated heterocycles. The van der Waals surface area contributed by atoms with Gasteiger partial charge < -0.3 is 10.6 Å². The molecule has 1 aliphatic carbocycles. The van der Waals surface area contributed by atoms with Crippen LogP contribution >= 0.6 is 22.6 Å². The largest absolute Gasteiger partial charge is 0.353 e. The predicted octanol–water partition coefficient (Wildman–Crippen LogP) is 1.69. The third-order valence-corrected chi connectivity index (χ3v) is 3.34. The molecule has 2 N–H and O–H groups in total. The monoisotopic (exact) mass is 358 g/mol. The lowest BCUT2D eigenvalue weighted by molar-refractivity contribution is -0.121. The fraction of sp³-hybridized carbons (Fsp3) is 0.385. The first kappa shape index (κ1) is 13.3. The van der Waals surface area contributed by atoms with Gasteiger partial charge in [0.2, 0.25) is 5.91 Å². The Labute approximate surface area is 120 Å². The van der Waals surface area contributed by atoms with Crippen LogP contribution in [0.1, 0.15) is 29.6 Å². The van der Waals surface area contributed by atoms with Gasteiger partial charge in [0.15, 0.2) is 0 Å². The Balaban J connectivity index is 1.72. The molecule has 1 saturated carbocycles. The van der Waals surface area contributed by atoms with Crippen LogP contribution in [0.25, 0.3) is 0 Å². The first-order valence-corrected chi connectivity index (χ1v) is 7.06. The SMILES string of the molecule is O=C(CCNC(=O)c1cccc(I)c1)NC1CC1. The highest BCUT2D eigenvalue weighted by atomic mass is 127. The van der Waals surface area contributed by atoms with Crippen molar-refractivity contribution in [3.05, 3.63) is 33.4 Å². The summed E-state index contributed by atoms with van der Waals surface area (Å²) >= 11 is 2.16. The predicted molar refractivity (Wildman–Crippen MR) is 77.3 cm³/mol. The van der Waals surface area contributed by atoms with Gasteiger partial charge in [-0.2, -0.15) is 0 Å². The molecule has 1 aromatic rings. The summed E-state index contributed by atoms with van der Waals surface area (Å²) < 4.78 is 1.02. The Morgan fingerprint density at radius 1 is 1.33 bits per heavy atom. The van der Waals surface area contributed by atoms with Gasteiger partial charge in [0, 0.05) is 28.1 Å². The Bertz CT molecular complexity index is 458. The second-order valence-electron chi connectivity index (χ2n) is 4.36. The summed E-state index contributed by atoms with van der Waals surface area (Å²) in [6, 6.07) is 7.74. The molecule has 2 rings (SSSR count). The molecular formula is C13H15IN2O2. The van der Waals surface area contributed by atoms with E-state index in [1.807, 2.05) is 18.2 Å². The van der Waals surface area contributed by atoms with Crippen LogP contribution < -0.4 is 10.6 Å². The normalized spacial score (nSPS) is 14.1. The number of rotatable bonds is 5. The molecule has 0 unspecified atom stereocenters. The quantitative estimate of drug-likeness (QED) is 0.788. The van der Waals surface area contributed by atoms with Gasteiger partial charge in [0.25, 0.3) is 5.91 Å². The molecule has 0 radical (unpaired) electrons. The van der Waals surface area contributed by atoms with Gasteiger partial charge in [0.1, 0.15) is 0 Å². The number of nitrogens with one attached hydrogen (secondary N) is 2. The van der Waals surface area contributed by atoms with Crippen LogP contribution in [0.2, 0.25) is 0 Å². The van der Waals surface area contributed by atoms with Crippen molar-refractivity contribution in [1.29, 1.82) is 0 Å². The molecule has 1 aliphatic rings. The van der Waals surface area contributed by atoms with E-state index in [1.165, 1.54) is 0 Å². The van der Waals surface area contributed by atoms with Crippen molar-refractivity contribution in [2.75, 3.05) is 6.54 Å². The second kappa shape index (κ2) is 6.17. The molecule has 0 spiro atoms. The van der Waals surface area contributed by atoms with E-state index in [-0.39, 0.29) is 11.8 Å². The van der Waals surface area contributed by atoms with Crippen molar-refractivity contribution in [2.45, 2.75) is 25.3 Å². The number of hydrogen-bond donors (Lipinski definition) is 2. The molecule has 2 amide bonds. The summed E-state index contributed by atoms with van der Waals surface area (Å²) in [5, 5.41) is 5.63. The lowest BCUT2D eigenvalue weighted by Gasteiger charge is -2.06. The zero-order valence-corrected chi connectivity index (χ0v) is 12.1. The van der Waals surface area contributed by atoms with E-state index in [1.54, 1.807) is 6.07 Å². The zero-order valence-electron chi connectivity index (χ0n) is 9.91. The smallest absolute Gasteiger partial charge is 0.251 e. The van der Waals surface area contributed by atoms with Crippen LogP contribution in [-0.4, -0.2) is 24.4 Å². The summed E-state index contributed by atoms with van der Waals surface area (Å²) in [6.45, 7) is 0.378. The molecule has 0 bridgehead atoms. The van der Waals surface area contributed by atoms with Gasteiger partial charge >= 0.3 is 0 Å². The molecule has 0 aromatic heterocycles. The minimum Gasteiger partial charge on any atom is -0.353 e. The summed E-state index contributed by atoms with van der Waals surface area (Å²) in [6.07, 6.45) is 2.51. The van der Waals surface area contributed by atoms with Gasteiger partial charge in [-0.15, -0.1) is 0 Å². The number of amides is 2. The van der Waals surface area contributed by atoms with Crippen LogP contribution in [0.3, 0.4) is 0 Å². The average molecular weight is 358 g/mol. The first-order valence-electron chi connectivity index (χ1n) is 5.98. The molecule has 4 nitrogen and oxygen atoms in total. The highest BCUT2D eigenvalue weighted by molar-refractivity contribution is 14.1. The number of carbonyl (C=O) groups is 2. The fourth-order valence-electron chi connectivity index (χ4n) is 1.55. The maximum absolute atomic E-state index is 11.8. The highest BCUT2D eigenvalue weighted by Crippen LogP contribution is 2.18. The van der Waals surface area contributed by atoms with Crippen LogP contribution in [0.4, 0.5) is 0 Å². The molecule has 1 fully saturated rings. The Hall–Kier alpha value is -1.11. The van der Waals surface area contributed by atoms with Crippen LogP contribution in [0.15, 0.2) is 24.3 Å². The van der Waals surface area contributed by atoms with E-state index < -0.39 is 0 Å². The van der Waals surface area contributed by atoms with E-state index in [0.717, 1.165) is 16.4 Å². The molecule has 5 heteroatoms. The van der Waals surface area contributed by atoms with Crippen LogP contribution in [-0.2, 0) is 4.79 Å². The van der Waals surface area contributed by atoms with Crippen molar-refractivity contribution < 1.29 is 9.59 Å². The Morgan fingerprint density at radius 2 is 2.11 bits per heavy atom. The maximum atomic E-state index is 11.8. The van der Waals surface area contributed by atoms with Crippen LogP contribution in [0, 0.1) is 3.57 Å². The van der Waals surface area contributed by atoms with Gasteiger partial charge in [-0.3, -0.25) is 9.59 Å². The molecule has 0 heterocycles. The molecule has 18 heavy (non-hydrogen) atoms. The van der Waals surface area contributed by atoms with E-state index in [2.05, 4.69) is 33.2 Å². The minimum absolute atomic E-state index is 0.0143. The third-order valence-electron chi connectivity index (χ3n) is 2.67. The van der Waals surface area contributed by atoms with E-state index >= 15 is 0 Å². The highest BCUT2D eigenvalue weighted by Gasteiger charge is 2.22. The molecule has 0 aliphatic heterocycles. The number of hydrogen-bond acceptors (Lipinski definition) is 2. The van der Waals surface area contributed by atoms with Crippen molar-refractivity contribution in [1.82, 2.24) is 10.6 Å². The summed E-state index contributed by atoms with van der Waals surface area (Å²) in [5.41, 5.74) is 0.629. The summed E-state index contributed by atoms with van der Waals surface area (Å²) in [4.78, 5) is 23.2. The number of halogens is 1. The van der Waals surface area contributed by atoms with E-state index in [4.69, 9.17) is 0 Å². The number of benzene rings is 1. The van der Waals surface area contributed by atoms with Crippen molar-refractivity contribution >= 4 is 34.4 Å². The third kappa shape index (κ3) is 4.29. The summed E-state index contributed by atoms with van der Waals surface area (Å²) in [7, 11) is 0.